The fourth-order valence-electron chi connectivity index (χ4n) is 1.50. The van der Waals surface area contributed by atoms with Crippen LogP contribution >= 0.6 is 24.0 Å². The van der Waals surface area contributed by atoms with Crippen LogP contribution in [0.25, 0.3) is 0 Å². The first-order chi connectivity index (χ1) is 9.56. The molecule has 1 fully saturated rings. The molecular formula is C14H16N2O2S2. The van der Waals surface area contributed by atoms with Crippen molar-refractivity contribution in [2.24, 2.45) is 11.0 Å². The van der Waals surface area contributed by atoms with Gasteiger partial charge in [0, 0.05) is 0 Å². The molecule has 0 saturated carbocycles. The van der Waals surface area contributed by atoms with Crippen molar-refractivity contribution in [3.63, 3.8) is 0 Å². The highest BCUT2D eigenvalue weighted by Crippen LogP contribution is 2.19. The highest BCUT2D eigenvalue weighted by atomic mass is 32.2. The van der Waals surface area contributed by atoms with Crippen LogP contribution in [0.2, 0.25) is 0 Å². The minimum Gasteiger partial charge on any atom is -0.493 e. The summed E-state index contributed by atoms with van der Waals surface area (Å²) in [6, 6.07) is 7.58. The van der Waals surface area contributed by atoms with Gasteiger partial charge in [0.05, 0.1) is 18.6 Å². The number of hydrogen-bond donors (Lipinski definition) is 0. The maximum absolute atomic E-state index is 11.5. The van der Waals surface area contributed by atoms with Gasteiger partial charge in [0.15, 0.2) is 4.32 Å². The van der Waals surface area contributed by atoms with Crippen LogP contribution in [0.1, 0.15) is 19.4 Å². The second kappa shape index (κ2) is 6.85. The van der Waals surface area contributed by atoms with Gasteiger partial charge in [0.1, 0.15) is 5.75 Å². The molecule has 0 aromatic heterocycles. The van der Waals surface area contributed by atoms with Gasteiger partial charge in [-0.05, 0) is 35.7 Å². The molecule has 1 amide bonds. The lowest BCUT2D eigenvalue weighted by molar-refractivity contribution is -0.123. The molecule has 0 atom stereocenters. The molecule has 0 N–H and O–H groups in total. The molecule has 0 aliphatic carbocycles. The molecule has 1 aromatic carbocycles. The summed E-state index contributed by atoms with van der Waals surface area (Å²) in [5.41, 5.74) is 0.898. The van der Waals surface area contributed by atoms with Crippen molar-refractivity contribution < 1.29 is 9.53 Å². The van der Waals surface area contributed by atoms with Crippen LogP contribution in [0.4, 0.5) is 0 Å². The zero-order valence-electron chi connectivity index (χ0n) is 11.4. The third-order valence-corrected chi connectivity index (χ3v) is 3.85. The van der Waals surface area contributed by atoms with E-state index in [1.54, 1.807) is 6.21 Å². The van der Waals surface area contributed by atoms with E-state index in [2.05, 4.69) is 18.9 Å². The van der Waals surface area contributed by atoms with E-state index < -0.39 is 0 Å². The van der Waals surface area contributed by atoms with Crippen LogP contribution in [-0.2, 0) is 4.79 Å². The molecule has 0 unspecified atom stereocenters. The van der Waals surface area contributed by atoms with Crippen LogP contribution < -0.4 is 4.74 Å². The Labute approximate surface area is 128 Å². The van der Waals surface area contributed by atoms with Crippen molar-refractivity contribution >= 4 is 40.4 Å². The number of amides is 1. The summed E-state index contributed by atoms with van der Waals surface area (Å²) in [5, 5.41) is 5.38. The van der Waals surface area contributed by atoms with E-state index in [-0.39, 0.29) is 5.91 Å². The molecule has 20 heavy (non-hydrogen) atoms. The first kappa shape index (κ1) is 15.0. The smallest absolute Gasteiger partial charge is 0.259 e. The zero-order chi connectivity index (χ0) is 14.5. The summed E-state index contributed by atoms with van der Waals surface area (Å²) in [6.45, 7) is 4.91. The van der Waals surface area contributed by atoms with Crippen molar-refractivity contribution in [3.8, 4) is 5.75 Å². The predicted molar refractivity (Wildman–Crippen MR) is 86.3 cm³/mol. The summed E-state index contributed by atoms with van der Waals surface area (Å²) >= 11 is 6.38. The van der Waals surface area contributed by atoms with Gasteiger partial charge < -0.3 is 4.74 Å². The average molecular weight is 308 g/mol. The van der Waals surface area contributed by atoms with Gasteiger partial charge in [0.25, 0.3) is 5.91 Å². The average Bonchev–Trinajstić information content (AvgIpc) is 2.75. The van der Waals surface area contributed by atoms with Gasteiger partial charge in [0.2, 0.25) is 0 Å². The number of carbonyl (C=O) groups excluding carboxylic acids is 1. The first-order valence-corrected chi connectivity index (χ1v) is 7.72. The van der Waals surface area contributed by atoms with Crippen molar-refractivity contribution in [1.82, 2.24) is 5.01 Å². The fraction of sp³-hybridized carbons (Fsp3) is 0.357. The Hall–Kier alpha value is -1.40. The highest BCUT2D eigenvalue weighted by molar-refractivity contribution is 8.23. The van der Waals surface area contributed by atoms with Crippen LogP contribution in [0.5, 0.6) is 5.75 Å². The summed E-state index contributed by atoms with van der Waals surface area (Å²) in [6.07, 6.45) is 1.63. The standard InChI is InChI=1S/C14H16N2O2S2/c1-10(2)8-18-12-5-3-11(4-6-12)7-15-16-13(17)9-20-14(16)19/h3-7,10H,8-9H2,1-2H3/b15-7-. The number of hydrogen-bond acceptors (Lipinski definition) is 5. The second-order valence-electron chi connectivity index (χ2n) is 4.78. The zero-order valence-corrected chi connectivity index (χ0v) is 13.0. The third-order valence-electron chi connectivity index (χ3n) is 2.51. The number of rotatable bonds is 5. The van der Waals surface area contributed by atoms with Gasteiger partial charge in [-0.3, -0.25) is 4.79 Å². The fourth-order valence-corrected chi connectivity index (χ4v) is 2.46. The maximum Gasteiger partial charge on any atom is 0.259 e. The second-order valence-corrected chi connectivity index (χ2v) is 6.39. The summed E-state index contributed by atoms with van der Waals surface area (Å²) < 4.78 is 6.10. The Bertz CT molecular complexity index is 510. The highest BCUT2D eigenvalue weighted by Gasteiger charge is 2.25. The molecule has 6 heteroatoms. The van der Waals surface area contributed by atoms with Crippen molar-refractivity contribution in [2.75, 3.05) is 12.4 Å². The monoisotopic (exact) mass is 308 g/mol. The quantitative estimate of drug-likeness (QED) is 0.619. The number of nitrogens with zero attached hydrogens (tertiary/aromatic N) is 2. The summed E-state index contributed by atoms with van der Waals surface area (Å²) in [7, 11) is 0. The molecule has 4 nitrogen and oxygen atoms in total. The Balaban J connectivity index is 1.96. The first-order valence-electron chi connectivity index (χ1n) is 6.33. The Morgan fingerprint density at radius 2 is 2.15 bits per heavy atom. The van der Waals surface area contributed by atoms with Gasteiger partial charge in [-0.15, -0.1) is 0 Å². The number of benzene rings is 1. The van der Waals surface area contributed by atoms with Gasteiger partial charge in [-0.25, -0.2) is 0 Å². The SMILES string of the molecule is CC(C)COc1ccc(/C=N\N2C(=O)CSC2=S)cc1. The molecule has 0 bridgehead atoms. The van der Waals surface area contributed by atoms with Gasteiger partial charge >= 0.3 is 0 Å². The summed E-state index contributed by atoms with van der Waals surface area (Å²) in [4.78, 5) is 11.5. The lowest BCUT2D eigenvalue weighted by Gasteiger charge is -2.09. The normalized spacial score (nSPS) is 15.7. The lowest BCUT2D eigenvalue weighted by atomic mass is 10.2. The molecule has 1 saturated heterocycles. The molecule has 0 spiro atoms. The van der Waals surface area contributed by atoms with Crippen LogP contribution in [0, 0.1) is 5.92 Å². The predicted octanol–water partition coefficient (Wildman–Crippen LogP) is 2.92. The molecule has 1 aliphatic heterocycles. The van der Waals surface area contributed by atoms with Crippen molar-refractivity contribution in [3.05, 3.63) is 29.8 Å². The van der Waals surface area contributed by atoms with Gasteiger partial charge in [-0.2, -0.15) is 10.1 Å². The molecule has 2 rings (SSSR count). The maximum atomic E-state index is 11.5. The van der Waals surface area contributed by atoms with E-state index in [9.17, 15) is 4.79 Å². The van der Waals surface area contributed by atoms with E-state index in [4.69, 9.17) is 17.0 Å². The van der Waals surface area contributed by atoms with Crippen molar-refractivity contribution in [2.45, 2.75) is 13.8 Å². The number of carbonyl (C=O) groups is 1. The number of thiocarbonyl (C=S) groups is 1. The summed E-state index contributed by atoms with van der Waals surface area (Å²) in [5.74, 6) is 1.63. The Morgan fingerprint density at radius 1 is 1.45 bits per heavy atom. The third kappa shape index (κ3) is 4.05. The number of thioether (sulfide) groups is 1. The minimum atomic E-state index is -0.0758. The Morgan fingerprint density at radius 3 is 2.70 bits per heavy atom. The molecule has 1 aliphatic rings. The van der Waals surface area contributed by atoms with E-state index in [0.717, 1.165) is 11.3 Å². The van der Waals surface area contributed by atoms with E-state index >= 15 is 0 Å². The van der Waals surface area contributed by atoms with Crippen molar-refractivity contribution in [1.29, 1.82) is 0 Å². The van der Waals surface area contributed by atoms with Crippen LogP contribution in [0.3, 0.4) is 0 Å². The molecule has 106 valence electrons. The topological polar surface area (TPSA) is 41.9 Å². The van der Waals surface area contributed by atoms with E-state index in [1.807, 2.05) is 24.3 Å². The van der Waals surface area contributed by atoms with Crippen LogP contribution in [-0.4, -0.2) is 33.8 Å². The van der Waals surface area contributed by atoms with E-state index in [0.29, 0.717) is 22.6 Å². The number of ether oxygens (including phenoxy) is 1. The van der Waals surface area contributed by atoms with E-state index in [1.165, 1.54) is 16.8 Å². The molecule has 1 aromatic rings. The molecule has 0 radical (unpaired) electrons. The molecule has 1 heterocycles. The minimum absolute atomic E-state index is 0.0758. The van der Waals surface area contributed by atoms with Gasteiger partial charge in [-0.1, -0.05) is 37.8 Å². The molecular weight excluding hydrogens is 292 g/mol. The lowest BCUT2D eigenvalue weighted by Crippen LogP contribution is -2.22. The number of hydrazone groups is 1. The largest absolute Gasteiger partial charge is 0.493 e. The van der Waals surface area contributed by atoms with Crippen LogP contribution in [0.15, 0.2) is 29.4 Å². The Kier molecular flexibility index (Phi) is 5.14.